The van der Waals surface area contributed by atoms with E-state index in [9.17, 15) is 4.79 Å². The Balaban J connectivity index is 2.27. The first-order chi connectivity index (χ1) is 8.17. The lowest BCUT2D eigenvalue weighted by atomic mass is 9.96. The SMILES string of the molecule is CNC(=O)C1CCCN(CCC(C)CCBr)C1. The second-order valence-corrected chi connectivity index (χ2v) is 5.92. The quantitative estimate of drug-likeness (QED) is 0.764. The van der Waals surface area contributed by atoms with Gasteiger partial charge in [0.2, 0.25) is 5.91 Å². The summed E-state index contributed by atoms with van der Waals surface area (Å²) in [5.41, 5.74) is 0. The molecule has 1 saturated heterocycles. The van der Waals surface area contributed by atoms with Crippen LogP contribution in [0.4, 0.5) is 0 Å². The molecule has 0 aliphatic carbocycles. The van der Waals surface area contributed by atoms with E-state index in [2.05, 4.69) is 33.1 Å². The molecular weight excluding hydrogens is 280 g/mol. The van der Waals surface area contributed by atoms with Crippen molar-refractivity contribution in [2.45, 2.75) is 32.6 Å². The summed E-state index contributed by atoms with van der Waals surface area (Å²) in [6.45, 7) is 5.55. The van der Waals surface area contributed by atoms with Gasteiger partial charge in [-0.15, -0.1) is 0 Å². The van der Waals surface area contributed by atoms with Crippen LogP contribution in [0.2, 0.25) is 0 Å². The lowest BCUT2D eigenvalue weighted by Crippen LogP contribution is -2.42. The summed E-state index contributed by atoms with van der Waals surface area (Å²) in [6.07, 6.45) is 4.69. The molecule has 1 N–H and O–H groups in total. The van der Waals surface area contributed by atoms with Crippen LogP contribution in [0.1, 0.15) is 32.6 Å². The topological polar surface area (TPSA) is 32.3 Å². The summed E-state index contributed by atoms with van der Waals surface area (Å²) < 4.78 is 0. The van der Waals surface area contributed by atoms with Crippen molar-refractivity contribution in [2.75, 3.05) is 32.0 Å². The Hall–Kier alpha value is -0.0900. The fourth-order valence-electron chi connectivity index (χ4n) is 2.41. The normalized spacial score (nSPS) is 23.4. The van der Waals surface area contributed by atoms with Crippen LogP contribution < -0.4 is 5.32 Å². The zero-order valence-electron chi connectivity index (χ0n) is 11.0. The average molecular weight is 305 g/mol. The van der Waals surface area contributed by atoms with Crippen molar-refractivity contribution < 1.29 is 4.79 Å². The highest BCUT2D eigenvalue weighted by Crippen LogP contribution is 2.18. The second-order valence-electron chi connectivity index (χ2n) is 5.13. The van der Waals surface area contributed by atoms with Gasteiger partial charge in [0.05, 0.1) is 5.92 Å². The highest BCUT2D eigenvalue weighted by molar-refractivity contribution is 9.09. The summed E-state index contributed by atoms with van der Waals surface area (Å²) in [5.74, 6) is 1.19. The van der Waals surface area contributed by atoms with Crippen LogP contribution in [-0.2, 0) is 4.79 Å². The Labute approximate surface area is 113 Å². The van der Waals surface area contributed by atoms with Gasteiger partial charge in [0, 0.05) is 18.9 Å². The number of carbonyl (C=O) groups excluding carboxylic acids is 1. The van der Waals surface area contributed by atoms with Crippen LogP contribution in [0, 0.1) is 11.8 Å². The Kier molecular flexibility index (Phi) is 7.12. The summed E-state index contributed by atoms with van der Waals surface area (Å²) in [4.78, 5) is 14.1. The van der Waals surface area contributed by atoms with Gasteiger partial charge in [0.1, 0.15) is 0 Å². The minimum absolute atomic E-state index is 0.209. The summed E-state index contributed by atoms with van der Waals surface area (Å²) in [6, 6.07) is 0. The third kappa shape index (κ3) is 5.38. The van der Waals surface area contributed by atoms with Crippen molar-refractivity contribution >= 4 is 21.8 Å². The van der Waals surface area contributed by atoms with Gasteiger partial charge in [-0.3, -0.25) is 4.79 Å². The molecule has 17 heavy (non-hydrogen) atoms. The molecule has 3 nitrogen and oxygen atoms in total. The Morgan fingerprint density at radius 2 is 2.29 bits per heavy atom. The van der Waals surface area contributed by atoms with Gasteiger partial charge in [0.15, 0.2) is 0 Å². The van der Waals surface area contributed by atoms with E-state index < -0.39 is 0 Å². The molecule has 4 heteroatoms. The molecule has 1 amide bonds. The molecule has 100 valence electrons. The largest absolute Gasteiger partial charge is 0.359 e. The highest BCUT2D eigenvalue weighted by atomic mass is 79.9. The molecule has 0 aromatic heterocycles. The van der Waals surface area contributed by atoms with Crippen molar-refractivity contribution in [2.24, 2.45) is 11.8 Å². The first-order valence-electron chi connectivity index (χ1n) is 6.67. The predicted octanol–water partition coefficient (Wildman–Crippen LogP) is 2.26. The molecule has 1 rings (SSSR count). The summed E-state index contributed by atoms with van der Waals surface area (Å²) >= 11 is 3.49. The number of alkyl halides is 1. The van der Waals surface area contributed by atoms with E-state index in [4.69, 9.17) is 0 Å². The molecule has 0 bridgehead atoms. The third-order valence-electron chi connectivity index (χ3n) is 3.66. The van der Waals surface area contributed by atoms with E-state index in [1.807, 2.05) is 0 Å². The molecule has 0 saturated carbocycles. The maximum Gasteiger partial charge on any atom is 0.224 e. The molecule has 0 aromatic carbocycles. The number of amides is 1. The van der Waals surface area contributed by atoms with E-state index in [0.29, 0.717) is 0 Å². The summed E-state index contributed by atoms with van der Waals surface area (Å²) in [7, 11) is 1.74. The summed E-state index contributed by atoms with van der Waals surface area (Å²) in [5, 5.41) is 3.86. The fraction of sp³-hybridized carbons (Fsp3) is 0.923. The van der Waals surface area contributed by atoms with Gasteiger partial charge in [-0.05, 0) is 44.7 Å². The molecule has 1 fully saturated rings. The molecule has 1 aliphatic heterocycles. The molecule has 0 aromatic rings. The van der Waals surface area contributed by atoms with Crippen LogP contribution in [-0.4, -0.2) is 42.8 Å². The number of hydrogen-bond donors (Lipinski definition) is 1. The minimum atomic E-state index is 0.209. The van der Waals surface area contributed by atoms with Crippen molar-refractivity contribution in [3.63, 3.8) is 0 Å². The Morgan fingerprint density at radius 3 is 2.94 bits per heavy atom. The van der Waals surface area contributed by atoms with Crippen molar-refractivity contribution in [3.05, 3.63) is 0 Å². The van der Waals surface area contributed by atoms with Gasteiger partial charge >= 0.3 is 0 Å². The maximum absolute atomic E-state index is 11.6. The van der Waals surface area contributed by atoms with Gasteiger partial charge in [-0.2, -0.15) is 0 Å². The first-order valence-corrected chi connectivity index (χ1v) is 7.79. The molecular formula is C13H25BrN2O. The second kappa shape index (κ2) is 8.09. The monoisotopic (exact) mass is 304 g/mol. The molecule has 0 radical (unpaired) electrons. The number of hydrogen-bond acceptors (Lipinski definition) is 2. The van der Waals surface area contributed by atoms with Crippen LogP contribution in [0.15, 0.2) is 0 Å². The van der Waals surface area contributed by atoms with Gasteiger partial charge in [-0.25, -0.2) is 0 Å². The molecule has 2 unspecified atom stereocenters. The molecule has 1 aliphatic rings. The van der Waals surface area contributed by atoms with Crippen molar-refractivity contribution in [1.82, 2.24) is 10.2 Å². The van der Waals surface area contributed by atoms with E-state index >= 15 is 0 Å². The van der Waals surface area contributed by atoms with E-state index in [-0.39, 0.29) is 11.8 Å². The molecule has 0 spiro atoms. The number of nitrogens with one attached hydrogen (secondary N) is 1. The average Bonchev–Trinajstić information content (AvgIpc) is 2.36. The van der Waals surface area contributed by atoms with Crippen LogP contribution in [0.25, 0.3) is 0 Å². The third-order valence-corrected chi connectivity index (χ3v) is 4.12. The zero-order chi connectivity index (χ0) is 12.7. The van der Waals surface area contributed by atoms with Gasteiger partial charge in [0.25, 0.3) is 0 Å². The highest BCUT2D eigenvalue weighted by Gasteiger charge is 2.24. The van der Waals surface area contributed by atoms with Crippen LogP contribution in [0.5, 0.6) is 0 Å². The Bertz CT molecular complexity index is 235. The number of carbonyl (C=O) groups is 1. The lowest BCUT2D eigenvalue weighted by Gasteiger charge is -2.32. The maximum atomic E-state index is 11.6. The van der Waals surface area contributed by atoms with E-state index in [0.717, 1.165) is 43.7 Å². The van der Waals surface area contributed by atoms with Crippen molar-refractivity contribution in [3.8, 4) is 0 Å². The standard InChI is InChI=1S/C13H25BrN2O/c1-11(5-7-14)6-9-16-8-3-4-12(10-16)13(17)15-2/h11-12H,3-10H2,1-2H3,(H,15,17). The fourth-order valence-corrected chi connectivity index (χ4v) is 3.19. The number of piperidine rings is 1. The molecule has 1 heterocycles. The Morgan fingerprint density at radius 1 is 1.53 bits per heavy atom. The number of halogens is 1. The van der Waals surface area contributed by atoms with Crippen molar-refractivity contribution in [1.29, 1.82) is 0 Å². The van der Waals surface area contributed by atoms with E-state index in [1.165, 1.54) is 12.8 Å². The number of nitrogens with zero attached hydrogens (tertiary/aromatic N) is 1. The molecule has 2 atom stereocenters. The zero-order valence-corrected chi connectivity index (χ0v) is 12.6. The lowest BCUT2D eigenvalue weighted by molar-refractivity contribution is -0.126. The minimum Gasteiger partial charge on any atom is -0.359 e. The van der Waals surface area contributed by atoms with E-state index in [1.54, 1.807) is 7.05 Å². The van der Waals surface area contributed by atoms with Gasteiger partial charge < -0.3 is 10.2 Å². The van der Waals surface area contributed by atoms with Crippen LogP contribution >= 0.6 is 15.9 Å². The van der Waals surface area contributed by atoms with Gasteiger partial charge in [-0.1, -0.05) is 22.9 Å². The van der Waals surface area contributed by atoms with Crippen LogP contribution in [0.3, 0.4) is 0 Å². The number of rotatable bonds is 6. The smallest absolute Gasteiger partial charge is 0.224 e. The predicted molar refractivity (Wildman–Crippen MR) is 75.4 cm³/mol. The number of likely N-dealkylation sites (tertiary alicyclic amines) is 1. The first kappa shape index (κ1) is 15.0.